The van der Waals surface area contributed by atoms with Crippen LogP contribution in [0.15, 0.2) is 83.0 Å². The first kappa shape index (κ1) is 26.5. The smallest absolute Gasteiger partial charge is 0.390 e. The molecule has 0 saturated heterocycles. The molecule has 39 heavy (non-hydrogen) atoms. The van der Waals surface area contributed by atoms with Gasteiger partial charge < -0.3 is 5.11 Å². The molecular weight excluding hydrogens is 559 g/mol. The summed E-state index contributed by atoms with van der Waals surface area (Å²) in [5, 5.41) is 13.5. The van der Waals surface area contributed by atoms with E-state index in [0.29, 0.717) is 16.7 Å². The Balaban J connectivity index is 1.65. The van der Waals surface area contributed by atoms with E-state index in [4.69, 9.17) is 11.6 Å². The first-order valence-electron chi connectivity index (χ1n) is 11.2. The lowest BCUT2D eigenvalue weighted by molar-refractivity contribution is -0.0438. The number of alkyl halides is 3. The van der Waals surface area contributed by atoms with Crippen LogP contribution in [-0.2, 0) is 23.0 Å². The summed E-state index contributed by atoms with van der Waals surface area (Å²) in [4.78, 5) is 20.8. The second-order valence-electron chi connectivity index (χ2n) is 8.34. The van der Waals surface area contributed by atoms with Crippen molar-refractivity contribution < 1.29 is 26.7 Å². The molecule has 0 aliphatic heterocycles. The predicted molar refractivity (Wildman–Crippen MR) is 136 cm³/mol. The topological polar surface area (TPSA) is 119 Å². The van der Waals surface area contributed by atoms with Crippen LogP contribution in [0.1, 0.15) is 11.3 Å². The van der Waals surface area contributed by atoms with E-state index in [1.807, 2.05) is 12.1 Å². The maximum Gasteiger partial charge on any atom is 0.503 e. The number of fused-ring (bicyclic) bond motifs is 1. The largest absolute Gasteiger partial charge is 0.503 e. The molecule has 0 saturated carbocycles. The average molecular weight is 576 g/mol. The van der Waals surface area contributed by atoms with Crippen molar-refractivity contribution in [1.29, 1.82) is 0 Å². The zero-order valence-electron chi connectivity index (χ0n) is 19.7. The average Bonchev–Trinajstić information content (AvgIpc) is 3.23. The molecule has 0 fully saturated rings. The highest BCUT2D eigenvalue weighted by Gasteiger charge is 2.48. The van der Waals surface area contributed by atoms with Crippen LogP contribution < -0.4 is 5.69 Å². The normalized spacial score (nSPS) is 12.2. The highest BCUT2D eigenvalue weighted by molar-refractivity contribution is 7.92. The van der Waals surface area contributed by atoms with Gasteiger partial charge in [-0.3, -0.25) is 4.98 Å². The lowest BCUT2D eigenvalue weighted by Crippen LogP contribution is -2.25. The van der Waals surface area contributed by atoms with Gasteiger partial charge in [0.1, 0.15) is 0 Å². The van der Waals surface area contributed by atoms with E-state index in [1.54, 1.807) is 48.9 Å². The number of aliphatic hydroxyl groups excluding tert-OH is 1. The Kier molecular flexibility index (Phi) is 6.74. The summed E-state index contributed by atoms with van der Waals surface area (Å²) in [5.74, 6) is 0. The molecule has 0 bridgehead atoms. The Hall–Kier alpha value is -4.07. The van der Waals surface area contributed by atoms with Crippen molar-refractivity contribution in [2.45, 2.75) is 23.7 Å². The summed E-state index contributed by atoms with van der Waals surface area (Å²) in [6.07, 6.45) is 4.73. The number of sulfone groups is 1. The van der Waals surface area contributed by atoms with Crippen molar-refractivity contribution >= 4 is 27.1 Å². The SMILES string of the molecule is O=c1n(Cc2ccc(S(=O)(=O)C(F)(F)F)nc2CO)nc2c(-c3ccncc3)c(-c3ccc(Cl)cc3)ccn12. The van der Waals surface area contributed by atoms with Crippen molar-refractivity contribution in [3.8, 4) is 22.3 Å². The molecule has 200 valence electrons. The van der Waals surface area contributed by atoms with Crippen LogP contribution in [0.5, 0.6) is 0 Å². The molecule has 0 amide bonds. The van der Waals surface area contributed by atoms with Crippen LogP contribution in [-0.4, -0.2) is 43.2 Å². The summed E-state index contributed by atoms with van der Waals surface area (Å²) in [6.45, 7) is -1.15. The number of pyridine rings is 3. The van der Waals surface area contributed by atoms with E-state index < -0.39 is 32.7 Å². The van der Waals surface area contributed by atoms with Gasteiger partial charge >= 0.3 is 11.2 Å². The van der Waals surface area contributed by atoms with Gasteiger partial charge in [-0.25, -0.2) is 27.3 Å². The number of nitrogens with zero attached hydrogens (tertiary/aromatic N) is 5. The van der Waals surface area contributed by atoms with Crippen molar-refractivity contribution in [1.82, 2.24) is 24.1 Å². The summed E-state index contributed by atoms with van der Waals surface area (Å²) in [5.41, 5.74) is -3.16. The molecule has 0 radical (unpaired) electrons. The first-order valence-corrected chi connectivity index (χ1v) is 13.1. The molecule has 0 spiro atoms. The van der Waals surface area contributed by atoms with Gasteiger partial charge in [0.05, 0.1) is 18.8 Å². The van der Waals surface area contributed by atoms with Crippen LogP contribution in [0.2, 0.25) is 5.02 Å². The monoisotopic (exact) mass is 575 g/mol. The minimum absolute atomic E-state index is 0.118. The molecule has 1 N–H and O–H groups in total. The highest BCUT2D eigenvalue weighted by Crippen LogP contribution is 2.35. The van der Waals surface area contributed by atoms with E-state index in [9.17, 15) is 31.5 Å². The van der Waals surface area contributed by atoms with Gasteiger partial charge in [0.2, 0.25) is 0 Å². The lowest BCUT2D eigenvalue weighted by atomic mass is 9.96. The van der Waals surface area contributed by atoms with E-state index in [2.05, 4.69) is 15.1 Å². The van der Waals surface area contributed by atoms with E-state index in [0.717, 1.165) is 27.4 Å². The van der Waals surface area contributed by atoms with Crippen molar-refractivity contribution in [3.63, 3.8) is 0 Å². The third-order valence-corrected chi connectivity index (χ3v) is 7.61. The Labute approximate surface area is 223 Å². The zero-order chi connectivity index (χ0) is 27.9. The highest BCUT2D eigenvalue weighted by atomic mass is 35.5. The van der Waals surface area contributed by atoms with Crippen LogP contribution in [0, 0.1) is 0 Å². The number of aliphatic hydroxyl groups is 1. The molecule has 0 atom stereocenters. The molecule has 0 aliphatic carbocycles. The van der Waals surface area contributed by atoms with Gasteiger partial charge in [-0.05, 0) is 58.7 Å². The van der Waals surface area contributed by atoms with Gasteiger partial charge in [0.15, 0.2) is 10.7 Å². The zero-order valence-corrected chi connectivity index (χ0v) is 21.2. The number of benzene rings is 1. The molecule has 5 rings (SSSR count). The molecule has 0 aliphatic rings. The number of aromatic nitrogens is 5. The van der Waals surface area contributed by atoms with E-state index >= 15 is 0 Å². The summed E-state index contributed by atoms with van der Waals surface area (Å²) in [6, 6.07) is 14.1. The number of hydrogen-bond acceptors (Lipinski definition) is 7. The van der Waals surface area contributed by atoms with E-state index in [-0.39, 0.29) is 23.4 Å². The third kappa shape index (κ3) is 4.80. The van der Waals surface area contributed by atoms with E-state index in [1.165, 1.54) is 4.40 Å². The second-order valence-corrected chi connectivity index (χ2v) is 10.7. The predicted octanol–water partition coefficient (Wildman–Crippen LogP) is 4.11. The Bertz CT molecular complexity index is 1860. The molecular formula is C25H17ClF3N5O4S. The molecule has 14 heteroatoms. The Morgan fingerprint density at radius 2 is 1.64 bits per heavy atom. The van der Waals surface area contributed by atoms with Crippen molar-refractivity contribution in [2.75, 3.05) is 0 Å². The van der Waals surface area contributed by atoms with Gasteiger partial charge in [0.25, 0.3) is 9.84 Å². The molecule has 1 aromatic carbocycles. The number of rotatable bonds is 6. The van der Waals surface area contributed by atoms with Crippen LogP contribution in [0.4, 0.5) is 13.2 Å². The molecule has 5 aromatic rings. The third-order valence-electron chi connectivity index (χ3n) is 5.97. The fraction of sp³-hybridized carbons (Fsp3) is 0.120. The minimum atomic E-state index is -5.72. The fourth-order valence-electron chi connectivity index (χ4n) is 4.07. The Morgan fingerprint density at radius 1 is 0.949 bits per heavy atom. The molecule has 4 heterocycles. The Morgan fingerprint density at radius 3 is 2.28 bits per heavy atom. The fourth-order valence-corrected chi connectivity index (χ4v) is 4.92. The van der Waals surface area contributed by atoms with Crippen LogP contribution in [0.25, 0.3) is 27.9 Å². The summed E-state index contributed by atoms with van der Waals surface area (Å²) in [7, 11) is -5.72. The number of halogens is 4. The van der Waals surface area contributed by atoms with Gasteiger partial charge in [-0.1, -0.05) is 29.8 Å². The van der Waals surface area contributed by atoms with Crippen molar-refractivity contribution in [2.24, 2.45) is 0 Å². The minimum Gasteiger partial charge on any atom is -0.390 e. The van der Waals surface area contributed by atoms with Gasteiger partial charge in [0, 0.05) is 29.2 Å². The maximum atomic E-state index is 13.3. The maximum absolute atomic E-state index is 13.3. The van der Waals surface area contributed by atoms with Gasteiger partial charge in [-0.2, -0.15) is 13.2 Å². The van der Waals surface area contributed by atoms with Crippen LogP contribution in [0.3, 0.4) is 0 Å². The first-order chi connectivity index (χ1) is 18.5. The second kappa shape index (κ2) is 9.91. The molecule has 0 unspecified atom stereocenters. The quantitative estimate of drug-likeness (QED) is 0.324. The molecule has 4 aromatic heterocycles. The van der Waals surface area contributed by atoms with Crippen molar-refractivity contribution in [3.05, 3.63) is 100.0 Å². The summed E-state index contributed by atoms with van der Waals surface area (Å²) < 4.78 is 64.8. The van der Waals surface area contributed by atoms with Crippen LogP contribution >= 0.6 is 11.6 Å². The number of hydrogen-bond donors (Lipinski definition) is 1. The lowest BCUT2D eigenvalue weighted by Gasteiger charge is -2.11. The standard InChI is InChI=1S/C25H17ClF3N5O4S/c26-18-4-1-15(2-5-18)19-9-12-33-23(22(19)16-7-10-30-11-8-16)32-34(24(33)36)13-17-3-6-21(31-20(17)14-35)39(37,38)25(27,28)29/h1-12,35H,13-14H2. The molecule has 9 nitrogen and oxygen atoms in total. The summed E-state index contributed by atoms with van der Waals surface area (Å²) >= 11 is 6.05. The van der Waals surface area contributed by atoms with Gasteiger partial charge in [-0.15, -0.1) is 5.10 Å².